The fraction of sp³-hybridized carbons (Fsp3) is 0.120. The molecule has 1 unspecified atom stereocenters. The van der Waals surface area contributed by atoms with Gasteiger partial charge in [0.1, 0.15) is 0 Å². The highest BCUT2D eigenvalue weighted by Crippen LogP contribution is 2.54. The molecule has 1 amide bonds. The van der Waals surface area contributed by atoms with Gasteiger partial charge in [0.25, 0.3) is 0 Å². The van der Waals surface area contributed by atoms with Crippen molar-refractivity contribution in [2.75, 3.05) is 19.0 Å². The van der Waals surface area contributed by atoms with Gasteiger partial charge < -0.3 is 24.6 Å². The lowest BCUT2D eigenvalue weighted by atomic mass is 10.0. The van der Waals surface area contributed by atoms with Gasteiger partial charge in [0.15, 0.2) is 18.0 Å². The van der Waals surface area contributed by atoms with E-state index in [-0.39, 0.29) is 17.0 Å². The molecule has 0 radical (unpaired) electrons. The van der Waals surface area contributed by atoms with Crippen molar-refractivity contribution in [2.45, 2.75) is 5.66 Å². The standard InChI is InChI=1S/C25H22NO7P/c1-32-22(27)15-33-23-19-11-5-3-8-17(19)13-14-21(23)26-25(28)24(34(29,30)31)20-12-6-9-16-7-2-4-10-18(16)20/h2-14,24H,15H2,1H3,(H,26,28)(H2,29,30,31). The summed E-state index contributed by atoms with van der Waals surface area (Å²) in [6.45, 7) is -0.404. The molecule has 9 heteroatoms. The minimum Gasteiger partial charge on any atom is -0.479 e. The predicted molar refractivity (Wildman–Crippen MR) is 129 cm³/mol. The summed E-state index contributed by atoms with van der Waals surface area (Å²) in [5, 5.41) is 5.32. The highest BCUT2D eigenvalue weighted by Gasteiger charge is 2.38. The third-order valence-corrected chi connectivity index (χ3v) is 6.59. The molecule has 34 heavy (non-hydrogen) atoms. The van der Waals surface area contributed by atoms with E-state index in [1.807, 2.05) is 12.1 Å². The van der Waals surface area contributed by atoms with Crippen molar-refractivity contribution >= 4 is 46.7 Å². The number of nitrogens with one attached hydrogen (secondary N) is 1. The van der Waals surface area contributed by atoms with Crippen LogP contribution in [0.4, 0.5) is 5.69 Å². The Labute approximate surface area is 195 Å². The van der Waals surface area contributed by atoms with Gasteiger partial charge in [0, 0.05) is 5.39 Å². The van der Waals surface area contributed by atoms with E-state index in [1.54, 1.807) is 60.7 Å². The highest BCUT2D eigenvalue weighted by atomic mass is 31.2. The molecule has 4 aromatic carbocycles. The molecule has 8 nitrogen and oxygen atoms in total. The van der Waals surface area contributed by atoms with Crippen molar-refractivity contribution in [3.05, 3.63) is 84.4 Å². The van der Waals surface area contributed by atoms with Crippen molar-refractivity contribution < 1.29 is 33.4 Å². The Bertz CT molecular complexity index is 1420. The van der Waals surface area contributed by atoms with E-state index in [0.717, 1.165) is 10.8 Å². The number of rotatable bonds is 7. The number of esters is 1. The van der Waals surface area contributed by atoms with Crippen LogP contribution >= 0.6 is 7.60 Å². The Kier molecular flexibility index (Phi) is 6.65. The summed E-state index contributed by atoms with van der Waals surface area (Å²) in [5.74, 6) is -1.32. The van der Waals surface area contributed by atoms with Crippen LogP contribution in [0.5, 0.6) is 5.75 Å². The van der Waals surface area contributed by atoms with Gasteiger partial charge in [-0.3, -0.25) is 9.36 Å². The third kappa shape index (κ3) is 4.79. The summed E-state index contributed by atoms with van der Waals surface area (Å²) in [5.41, 5.74) is -1.37. The Balaban J connectivity index is 1.77. The minimum absolute atomic E-state index is 0.172. The SMILES string of the molecule is COC(=O)COc1c(NC(=O)C(c2cccc3ccccc23)P(=O)(O)O)ccc2ccccc12. The van der Waals surface area contributed by atoms with Gasteiger partial charge in [0.2, 0.25) is 5.91 Å². The molecule has 0 aliphatic carbocycles. The minimum atomic E-state index is -4.92. The number of anilines is 1. The van der Waals surface area contributed by atoms with E-state index in [2.05, 4.69) is 10.1 Å². The maximum absolute atomic E-state index is 13.3. The lowest BCUT2D eigenvalue weighted by Gasteiger charge is -2.21. The predicted octanol–water partition coefficient (Wildman–Crippen LogP) is 4.40. The summed E-state index contributed by atoms with van der Waals surface area (Å²) >= 11 is 0. The van der Waals surface area contributed by atoms with Crippen molar-refractivity contribution in [1.29, 1.82) is 0 Å². The molecule has 0 bridgehead atoms. The zero-order valence-corrected chi connectivity index (χ0v) is 19.1. The third-order valence-electron chi connectivity index (χ3n) is 5.40. The average Bonchev–Trinajstić information content (AvgIpc) is 2.82. The molecular formula is C25H22NO7P. The van der Waals surface area contributed by atoms with Crippen LogP contribution in [0.15, 0.2) is 78.9 Å². The molecule has 0 fully saturated rings. The van der Waals surface area contributed by atoms with Gasteiger partial charge in [-0.05, 0) is 27.8 Å². The second kappa shape index (κ2) is 9.65. The summed E-state index contributed by atoms with van der Waals surface area (Å²) in [6, 6.07) is 22.5. The molecule has 174 valence electrons. The topological polar surface area (TPSA) is 122 Å². The fourth-order valence-corrected chi connectivity index (χ4v) is 4.81. The maximum Gasteiger partial charge on any atom is 0.343 e. The summed E-state index contributed by atoms with van der Waals surface area (Å²) in [6.07, 6.45) is 0. The molecule has 0 aromatic heterocycles. The maximum atomic E-state index is 13.3. The molecule has 4 aromatic rings. The Hall–Kier alpha value is -3.71. The first-order valence-electron chi connectivity index (χ1n) is 10.3. The summed E-state index contributed by atoms with van der Waals surface area (Å²) < 4.78 is 22.8. The van der Waals surface area contributed by atoms with Crippen LogP contribution in [0, 0.1) is 0 Å². The number of hydrogen-bond donors (Lipinski definition) is 3. The summed E-state index contributed by atoms with van der Waals surface area (Å²) in [4.78, 5) is 45.3. The van der Waals surface area contributed by atoms with Crippen molar-refractivity contribution in [3.8, 4) is 5.75 Å². The molecule has 1 atom stereocenters. The number of carbonyl (C=O) groups excluding carboxylic acids is 2. The first-order chi connectivity index (χ1) is 16.3. The van der Waals surface area contributed by atoms with Crippen molar-refractivity contribution in [1.82, 2.24) is 0 Å². The highest BCUT2D eigenvalue weighted by molar-refractivity contribution is 7.53. The van der Waals surface area contributed by atoms with E-state index in [0.29, 0.717) is 10.8 Å². The average molecular weight is 479 g/mol. The van der Waals surface area contributed by atoms with E-state index >= 15 is 0 Å². The lowest BCUT2D eigenvalue weighted by Crippen LogP contribution is -2.22. The van der Waals surface area contributed by atoms with Crippen molar-refractivity contribution in [2.24, 2.45) is 0 Å². The number of methoxy groups -OCH3 is 1. The van der Waals surface area contributed by atoms with Crippen LogP contribution < -0.4 is 10.1 Å². The monoisotopic (exact) mass is 479 g/mol. The smallest absolute Gasteiger partial charge is 0.343 e. The molecule has 0 aliphatic rings. The zero-order chi connectivity index (χ0) is 24.3. The molecular weight excluding hydrogens is 457 g/mol. The van der Waals surface area contributed by atoms with Gasteiger partial charge in [0.05, 0.1) is 12.8 Å². The first-order valence-corrected chi connectivity index (χ1v) is 12.0. The molecule has 0 spiro atoms. The van der Waals surface area contributed by atoms with E-state index < -0.39 is 31.7 Å². The van der Waals surface area contributed by atoms with E-state index in [9.17, 15) is 23.9 Å². The molecule has 0 saturated heterocycles. The van der Waals surface area contributed by atoms with Crippen LogP contribution in [0.3, 0.4) is 0 Å². The van der Waals surface area contributed by atoms with Crippen LogP contribution in [-0.4, -0.2) is 35.4 Å². The van der Waals surface area contributed by atoms with Crippen molar-refractivity contribution in [3.63, 3.8) is 0 Å². The van der Waals surface area contributed by atoms with Crippen LogP contribution in [0.25, 0.3) is 21.5 Å². The number of fused-ring (bicyclic) bond motifs is 2. The van der Waals surface area contributed by atoms with Crippen LogP contribution in [0.2, 0.25) is 0 Å². The molecule has 0 saturated carbocycles. The second-order valence-electron chi connectivity index (χ2n) is 7.58. The van der Waals surface area contributed by atoms with Crippen LogP contribution in [-0.2, 0) is 18.9 Å². The normalized spacial score (nSPS) is 12.3. The van der Waals surface area contributed by atoms with Gasteiger partial charge in [-0.15, -0.1) is 0 Å². The van der Waals surface area contributed by atoms with Gasteiger partial charge in [-0.2, -0.15) is 0 Å². The second-order valence-corrected chi connectivity index (χ2v) is 9.27. The molecule has 0 aliphatic heterocycles. The number of benzene rings is 4. The Morgan fingerprint density at radius 3 is 2.18 bits per heavy atom. The lowest BCUT2D eigenvalue weighted by molar-refractivity contribution is -0.142. The number of carbonyl (C=O) groups is 2. The summed E-state index contributed by atoms with van der Waals surface area (Å²) in [7, 11) is -3.69. The molecule has 4 rings (SSSR count). The quantitative estimate of drug-likeness (QED) is 0.265. The Morgan fingerprint density at radius 1 is 0.882 bits per heavy atom. The Morgan fingerprint density at radius 2 is 1.50 bits per heavy atom. The first kappa shape index (κ1) is 23.4. The largest absolute Gasteiger partial charge is 0.479 e. The number of ether oxygens (including phenoxy) is 2. The zero-order valence-electron chi connectivity index (χ0n) is 18.2. The van der Waals surface area contributed by atoms with E-state index in [1.165, 1.54) is 13.2 Å². The molecule has 3 N–H and O–H groups in total. The molecule has 0 heterocycles. The van der Waals surface area contributed by atoms with E-state index in [4.69, 9.17) is 4.74 Å². The van der Waals surface area contributed by atoms with Crippen LogP contribution in [0.1, 0.15) is 11.2 Å². The van der Waals surface area contributed by atoms with Gasteiger partial charge in [-0.25, -0.2) is 4.79 Å². The van der Waals surface area contributed by atoms with Gasteiger partial charge in [-0.1, -0.05) is 72.8 Å². The number of amides is 1. The fourth-order valence-electron chi connectivity index (χ4n) is 3.85. The van der Waals surface area contributed by atoms with Gasteiger partial charge >= 0.3 is 13.6 Å². The number of hydrogen-bond acceptors (Lipinski definition) is 5.